The van der Waals surface area contributed by atoms with Crippen LogP contribution >= 0.6 is 0 Å². The molecule has 4 heteroatoms. The third-order valence-electron chi connectivity index (χ3n) is 7.11. The van der Waals surface area contributed by atoms with Gasteiger partial charge in [0.15, 0.2) is 0 Å². The molecule has 0 fully saturated rings. The molecule has 0 radical (unpaired) electrons. The number of unbranched alkanes of at least 4 members (excludes halogenated alkanes) is 2. The molecule has 5 aromatic carbocycles. The van der Waals surface area contributed by atoms with E-state index in [0.29, 0.717) is 12.2 Å². The summed E-state index contributed by atoms with van der Waals surface area (Å²) in [5, 5.41) is 12.4. The summed E-state index contributed by atoms with van der Waals surface area (Å²) in [6, 6.07) is 37.6. The minimum Gasteiger partial charge on any atom is -0.462 e. The fourth-order valence-electron chi connectivity index (χ4n) is 4.99. The Bertz CT molecular complexity index is 1440. The third-order valence-corrected chi connectivity index (χ3v) is 7.11. The van der Waals surface area contributed by atoms with Gasteiger partial charge in [-0.3, -0.25) is 0 Å². The summed E-state index contributed by atoms with van der Waals surface area (Å²) in [4.78, 5) is 11.9. The predicted octanol–water partition coefficient (Wildman–Crippen LogP) is 7.40. The molecule has 0 amide bonds. The molecule has 39 heavy (non-hydrogen) atoms. The monoisotopic (exact) mass is 516 g/mol. The van der Waals surface area contributed by atoms with Crippen LogP contribution < -0.4 is 10.6 Å². The molecule has 5 rings (SSSR count). The van der Waals surface area contributed by atoms with E-state index < -0.39 is 0 Å². The quantitative estimate of drug-likeness (QED) is 0.0973. The summed E-state index contributed by atoms with van der Waals surface area (Å²) in [6.07, 6.45) is 2.98. The largest absolute Gasteiger partial charge is 0.462 e. The number of carbonyl (C=O) groups excluding carboxylic acids is 1. The van der Waals surface area contributed by atoms with Gasteiger partial charge in [-0.15, -0.1) is 0 Å². The van der Waals surface area contributed by atoms with Crippen LogP contribution in [0, 0.1) is 0 Å². The predicted molar refractivity (Wildman–Crippen MR) is 161 cm³/mol. The van der Waals surface area contributed by atoms with E-state index in [0.717, 1.165) is 45.4 Å². The van der Waals surface area contributed by atoms with Crippen molar-refractivity contribution >= 4 is 27.5 Å². The van der Waals surface area contributed by atoms with Crippen molar-refractivity contribution in [2.45, 2.75) is 38.9 Å². The molecule has 0 heterocycles. The van der Waals surface area contributed by atoms with Gasteiger partial charge < -0.3 is 15.4 Å². The van der Waals surface area contributed by atoms with Crippen LogP contribution in [0.1, 0.15) is 46.3 Å². The Balaban J connectivity index is 1.01. The first kappa shape index (κ1) is 26.6. The van der Waals surface area contributed by atoms with Crippen LogP contribution in [0.2, 0.25) is 0 Å². The minimum absolute atomic E-state index is 0.241. The molecule has 0 aliphatic heterocycles. The van der Waals surface area contributed by atoms with Gasteiger partial charge in [-0.1, -0.05) is 91.0 Å². The summed E-state index contributed by atoms with van der Waals surface area (Å²) in [6.45, 7) is 3.95. The second-order valence-corrected chi connectivity index (χ2v) is 9.96. The Morgan fingerprint density at radius 2 is 1.18 bits per heavy atom. The van der Waals surface area contributed by atoms with Gasteiger partial charge in [-0.25, -0.2) is 4.79 Å². The van der Waals surface area contributed by atoms with Gasteiger partial charge in [0.1, 0.15) is 0 Å². The fourth-order valence-corrected chi connectivity index (χ4v) is 4.99. The molecule has 0 bridgehead atoms. The molecular formula is C35H36N2O2. The molecule has 0 saturated heterocycles. The molecule has 198 valence electrons. The van der Waals surface area contributed by atoms with Crippen LogP contribution in [-0.4, -0.2) is 19.1 Å². The van der Waals surface area contributed by atoms with Crippen LogP contribution in [0.25, 0.3) is 21.5 Å². The highest BCUT2D eigenvalue weighted by atomic mass is 16.5. The van der Waals surface area contributed by atoms with Crippen molar-refractivity contribution < 1.29 is 9.53 Å². The summed E-state index contributed by atoms with van der Waals surface area (Å²) >= 11 is 0. The number of ether oxygens (including phenoxy) is 1. The van der Waals surface area contributed by atoms with Gasteiger partial charge in [0.05, 0.1) is 12.2 Å². The topological polar surface area (TPSA) is 50.4 Å². The maximum Gasteiger partial charge on any atom is 0.338 e. The highest BCUT2D eigenvalue weighted by Gasteiger charge is 2.07. The lowest BCUT2D eigenvalue weighted by atomic mass is 9.96. The van der Waals surface area contributed by atoms with Gasteiger partial charge >= 0.3 is 5.97 Å². The Kier molecular flexibility index (Phi) is 9.35. The van der Waals surface area contributed by atoms with Crippen molar-refractivity contribution in [2.24, 2.45) is 0 Å². The van der Waals surface area contributed by atoms with Gasteiger partial charge in [0, 0.05) is 19.6 Å². The van der Waals surface area contributed by atoms with Crippen LogP contribution in [0.3, 0.4) is 0 Å². The SMILES string of the molecule is O=C(OCCCCCNCc1ccc(CNCc2c3ccccc3cc3ccccc23)cc1)c1ccccc1. The number of hydrogen-bond acceptors (Lipinski definition) is 4. The number of hydrogen-bond donors (Lipinski definition) is 2. The fraction of sp³-hybridized carbons (Fsp3) is 0.229. The van der Waals surface area contributed by atoms with Crippen LogP contribution in [-0.2, 0) is 24.4 Å². The molecule has 0 aromatic heterocycles. The Hall–Kier alpha value is -3.99. The van der Waals surface area contributed by atoms with E-state index in [2.05, 4.69) is 89.5 Å². The molecule has 0 aliphatic carbocycles. The Morgan fingerprint density at radius 3 is 1.85 bits per heavy atom. The van der Waals surface area contributed by atoms with E-state index in [1.54, 1.807) is 12.1 Å². The standard InChI is InChI=1S/C35H36N2O2/c38-35(29-11-3-1-4-12-29)39-22-10-2-9-21-36-24-27-17-19-28(20-18-27)25-37-26-34-32-15-7-5-13-30(32)23-31-14-6-8-16-33(31)34/h1,3-8,11-20,23,36-37H,2,9-10,21-22,24-26H2. The number of rotatable bonds is 13. The Labute approximate surface area is 231 Å². The number of nitrogens with one attached hydrogen (secondary N) is 2. The normalized spacial score (nSPS) is 11.2. The molecule has 5 aromatic rings. The zero-order valence-corrected chi connectivity index (χ0v) is 22.4. The van der Waals surface area contributed by atoms with E-state index in [-0.39, 0.29) is 5.97 Å². The summed E-state index contributed by atoms with van der Waals surface area (Å²) < 4.78 is 5.34. The number of esters is 1. The van der Waals surface area contributed by atoms with Gasteiger partial charge in [0.25, 0.3) is 0 Å². The lowest BCUT2D eigenvalue weighted by molar-refractivity contribution is 0.0498. The Morgan fingerprint density at radius 1 is 0.590 bits per heavy atom. The highest BCUT2D eigenvalue weighted by Crippen LogP contribution is 2.28. The maximum atomic E-state index is 11.9. The van der Waals surface area contributed by atoms with Crippen molar-refractivity contribution in [1.82, 2.24) is 10.6 Å². The molecule has 0 saturated carbocycles. The van der Waals surface area contributed by atoms with E-state index >= 15 is 0 Å². The van der Waals surface area contributed by atoms with Crippen molar-refractivity contribution in [1.29, 1.82) is 0 Å². The summed E-state index contributed by atoms with van der Waals surface area (Å²) in [5.41, 5.74) is 4.54. The number of carbonyl (C=O) groups is 1. The van der Waals surface area contributed by atoms with Gasteiger partial charge in [-0.2, -0.15) is 0 Å². The number of fused-ring (bicyclic) bond motifs is 2. The highest BCUT2D eigenvalue weighted by molar-refractivity contribution is 6.02. The number of benzene rings is 5. The van der Waals surface area contributed by atoms with Crippen LogP contribution in [0.15, 0.2) is 109 Å². The molecule has 4 nitrogen and oxygen atoms in total. The second-order valence-electron chi connectivity index (χ2n) is 9.96. The van der Waals surface area contributed by atoms with E-state index in [4.69, 9.17) is 4.74 Å². The van der Waals surface area contributed by atoms with Crippen molar-refractivity contribution in [3.05, 3.63) is 131 Å². The molecular weight excluding hydrogens is 480 g/mol. The van der Waals surface area contributed by atoms with Gasteiger partial charge in [0.2, 0.25) is 0 Å². The zero-order chi connectivity index (χ0) is 26.7. The summed E-state index contributed by atoms with van der Waals surface area (Å²) in [5.74, 6) is -0.241. The lowest BCUT2D eigenvalue weighted by Crippen LogP contribution is -2.15. The maximum absolute atomic E-state index is 11.9. The summed E-state index contributed by atoms with van der Waals surface area (Å²) in [7, 11) is 0. The molecule has 0 spiro atoms. The second kappa shape index (κ2) is 13.7. The first-order chi connectivity index (χ1) is 19.3. The minimum atomic E-state index is -0.241. The van der Waals surface area contributed by atoms with Crippen LogP contribution in [0.4, 0.5) is 0 Å². The smallest absolute Gasteiger partial charge is 0.338 e. The molecule has 2 N–H and O–H groups in total. The van der Waals surface area contributed by atoms with E-state index in [9.17, 15) is 4.79 Å². The average molecular weight is 517 g/mol. The molecule has 0 atom stereocenters. The van der Waals surface area contributed by atoms with Crippen molar-refractivity contribution in [3.63, 3.8) is 0 Å². The van der Waals surface area contributed by atoms with E-state index in [1.165, 1.54) is 38.2 Å². The first-order valence-corrected chi connectivity index (χ1v) is 13.9. The average Bonchev–Trinajstić information content (AvgIpc) is 2.99. The molecule has 0 unspecified atom stereocenters. The lowest BCUT2D eigenvalue weighted by Gasteiger charge is -2.13. The first-order valence-electron chi connectivity index (χ1n) is 13.9. The van der Waals surface area contributed by atoms with Crippen molar-refractivity contribution in [3.8, 4) is 0 Å². The van der Waals surface area contributed by atoms with Crippen LogP contribution in [0.5, 0.6) is 0 Å². The zero-order valence-electron chi connectivity index (χ0n) is 22.4. The van der Waals surface area contributed by atoms with Crippen molar-refractivity contribution in [2.75, 3.05) is 13.2 Å². The van der Waals surface area contributed by atoms with E-state index in [1.807, 2.05) is 18.2 Å². The van der Waals surface area contributed by atoms with Gasteiger partial charge in [-0.05, 0) is 82.2 Å². The molecule has 0 aliphatic rings. The third kappa shape index (κ3) is 7.32.